The van der Waals surface area contributed by atoms with E-state index in [4.69, 9.17) is 15.4 Å². The van der Waals surface area contributed by atoms with E-state index in [9.17, 15) is 0 Å². The van der Waals surface area contributed by atoms with E-state index in [-0.39, 0.29) is 0 Å². The number of aliphatic imine (C=N–C) groups is 2. The number of aryl methyl sites for hydroxylation is 1. The van der Waals surface area contributed by atoms with E-state index < -0.39 is 0 Å². The highest BCUT2D eigenvalue weighted by atomic mass is 32.1. The maximum absolute atomic E-state index is 5.50. The number of rotatable bonds is 5. The van der Waals surface area contributed by atoms with Crippen molar-refractivity contribution in [1.82, 2.24) is 0 Å². The highest BCUT2D eigenvalue weighted by molar-refractivity contribution is 7.26. The molecule has 1 aliphatic carbocycles. The molecule has 0 saturated carbocycles. The largest absolute Gasteiger partial charge is 0.317 e. The molecule has 9 rings (SSSR count). The first-order chi connectivity index (χ1) is 24.8. The van der Waals surface area contributed by atoms with Gasteiger partial charge in [-0.25, -0.2) is 4.99 Å². The number of benzene rings is 7. The molecule has 0 amide bonds. The van der Waals surface area contributed by atoms with Crippen molar-refractivity contribution in [2.24, 2.45) is 9.98 Å². The Kier molecular flexibility index (Phi) is 9.72. The zero-order valence-corrected chi connectivity index (χ0v) is 29.3. The van der Waals surface area contributed by atoms with Gasteiger partial charge in [0, 0.05) is 32.0 Å². The molecule has 1 aromatic heterocycles. The lowest BCUT2D eigenvalue weighted by atomic mass is 9.89. The third-order valence-electron chi connectivity index (χ3n) is 9.30. The fourth-order valence-corrected chi connectivity index (χ4v) is 8.24. The smallest absolute Gasteiger partial charge is 0.154 e. The van der Waals surface area contributed by atoms with Crippen LogP contribution in [0.5, 0.6) is 0 Å². The maximum atomic E-state index is 5.50. The molecular weight excluding hydrogens is 627 g/mol. The summed E-state index contributed by atoms with van der Waals surface area (Å²) in [4.78, 5) is 10.0. The molecule has 0 aliphatic heterocycles. The van der Waals surface area contributed by atoms with Crippen LogP contribution in [-0.2, 0) is 6.42 Å². The van der Waals surface area contributed by atoms with E-state index in [0.717, 1.165) is 29.8 Å². The third-order valence-corrected chi connectivity index (χ3v) is 10.4. The van der Waals surface area contributed by atoms with Crippen molar-refractivity contribution < 1.29 is 0 Å². The third kappa shape index (κ3) is 6.15. The van der Waals surface area contributed by atoms with Crippen LogP contribution in [0.25, 0.3) is 58.9 Å². The molecule has 244 valence electrons. The van der Waals surface area contributed by atoms with Gasteiger partial charge >= 0.3 is 0 Å². The number of nitrogens with zero attached hydrogens (tertiary/aromatic N) is 2. The molecule has 0 bridgehead atoms. The molecule has 50 heavy (non-hydrogen) atoms. The number of fused-ring (bicyclic) bond motifs is 4. The summed E-state index contributed by atoms with van der Waals surface area (Å²) in [5, 5.41) is 13.6. The van der Waals surface area contributed by atoms with Crippen LogP contribution in [0, 0.1) is 5.41 Å². The van der Waals surface area contributed by atoms with Crippen LogP contribution in [0.1, 0.15) is 42.5 Å². The lowest BCUT2D eigenvalue weighted by molar-refractivity contribution is 0.892. The SMILES string of the molecule is C(=NC(=NCC1=Cc2ccccc2CC1)c1ccc(-c2cccc3c4cccc5sc6cccc(c23)c6c54)cc1)c1ccccc1.C=N.CC. The van der Waals surface area contributed by atoms with E-state index in [2.05, 4.69) is 128 Å². The quantitative estimate of drug-likeness (QED) is 0.108. The Balaban J connectivity index is 0.000000948. The minimum absolute atomic E-state index is 0.641. The van der Waals surface area contributed by atoms with Crippen LogP contribution < -0.4 is 0 Å². The number of hydrogen-bond acceptors (Lipinski definition) is 3. The molecule has 1 heterocycles. The normalized spacial score (nSPS) is 12.8. The summed E-state index contributed by atoms with van der Waals surface area (Å²) in [5.74, 6) is 0.754. The Morgan fingerprint density at radius 2 is 1.30 bits per heavy atom. The van der Waals surface area contributed by atoms with E-state index in [1.165, 1.54) is 69.5 Å². The second-order valence-corrected chi connectivity index (χ2v) is 13.2. The topological polar surface area (TPSA) is 48.6 Å². The first kappa shape index (κ1) is 32.8. The van der Waals surface area contributed by atoms with Crippen LogP contribution in [0.15, 0.2) is 149 Å². The van der Waals surface area contributed by atoms with E-state index in [1.54, 1.807) is 0 Å². The van der Waals surface area contributed by atoms with Crippen molar-refractivity contribution in [2.45, 2.75) is 26.7 Å². The van der Waals surface area contributed by atoms with Crippen molar-refractivity contribution in [3.05, 3.63) is 161 Å². The second kappa shape index (κ2) is 14.8. The zero-order chi connectivity index (χ0) is 34.5. The number of thiophene rings is 1. The summed E-state index contributed by atoms with van der Waals surface area (Å²) in [6.45, 7) is 7.14. The van der Waals surface area contributed by atoms with Crippen molar-refractivity contribution in [3.63, 3.8) is 0 Å². The van der Waals surface area contributed by atoms with Crippen molar-refractivity contribution in [1.29, 1.82) is 5.41 Å². The summed E-state index contributed by atoms with van der Waals surface area (Å²) >= 11 is 1.89. The molecule has 1 aliphatic rings. The average Bonchev–Trinajstić information content (AvgIpc) is 3.59. The zero-order valence-electron chi connectivity index (χ0n) is 28.5. The summed E-state index contributed by atoms with van der Waals surface area (Å²) in [5.41, 5.74) is 8.60. The van der Waals surface area contributed by atoms with Crippen LogP contribution in [0.4, 0.5) is 0 Å². The fourth-order valence-electron chi connectivity index (χ4n) is 7.08. The predicted molar refractivity (Wildman–Crippen MR) is 220 cm³/mol. The van der Waals surface area contributed by atoms with Crippen LogP contribution in [-0.4, -0.2) is 25.3 Å². The average molecular weight is 666 g/mol. The Hall–Kier alpha value is -5.71. The first-order valence-corrected chi connectivity index (χ1v) is 18.1. The van der Waals surface area contributed by atoms with Crippen LogP contribution in [0.2, 0.25) is 0 Å². The van der Waals surface area contributed by atoms with Gasteiger partial charge in [-0.15, -0.1) is 11.3 Å². The minimum atomic E-state index is 0.641. The van der Waals surface area contributed by atoms with Gasteiger partial charge < -0.3 is 5.41 Å². The predicted octanol–water partition coefficient (Wildman–Crippen LogP) is 12.7. The van der Waals surface area contributed by atoms with Gasteiger partial charge in [0.25, 0.3) is 0 Å². The molecule has 4 heteroatoms. The first-order valence-electron chi connectivity index (χ1n) is 17.3. The summed E-state index contributed by atoms with van der Waals surface area (Å²) in [6.07, 6.45) is 6.32. The van der Waals surface area contributed by atoms with E-state index in [0.29, 0.717) is 6.54 Å². The van der Waals surface area contributed by atoms with Crippen LogP contribution in [0.3, 0.4) is 0 Å². The fraction of sp³-hybridized carbons (Fsp3) is 0.109. The monoisotopic (exact) mass is 665 g/mol. The van der Waals surface area contributed by atoms with Crippen molar-refractivity contribution in [3.8, 4) is 11.1 Å². The molecule has 8 aromatic rings. The molecule has 0 radical (unpaired) electrons. The summed E-state index contributed by atoms with van der Waals surface area (Å²) in [7, 11) is 0. The Bertz CT molecular complexity index is 2500. The standard InChI is InChI=1S/C43H30N2S.C2H6.CH3N/c1-2-9-28(10-3-1)26-44-43(45-27-29-19-20-30-11-4-5-12-33(30)25-29)32-23-21-31(22-24-32)34-13-6-14-35-36-15-7-17-38-41(36)42-37(40(34)35)16-8-18-39(42)46-38;2*1-2/h1-18,21-26H,19-20,27H2;1-2H3;2H,1H2. The van der Waals surface area contributed by atoms with E-state index in [1.807, 2.05) is 49.6 Å². The van der Waals surface area contributed by atoms with Gasteiger partial charge in [0.2, 0.25) is 0 Å². The lowest BCUT2D eigenvalue weighted by Gasteiger charge is -2.15. The Labute approximate surface area is 297 Å². The molecule has 3 nitrogen and oxygen atoms in total. The minimum Gasteiger partial charge on any atom is -0.317 e. The van der Waals surface area contributed by atoms with E-state index >= 15 is 0 Å². The van der Waals surface area contributed by atoms with Crippen LogP contribution >= 0.6 is 11.3 Å². The molecule has 0 spiro atoms. The summed E-state index contributed by atoms with van der Waals surface area (Å²) in [6, 6.07) is 48.0. The summed E-state index contributed by atoms with van der Waals surface area (Å²) < 4.78 is 2.71. The van der Waals surface area contributed by atoms with Gasteiger partial charge in [0.1, 0.15) is 0 Å². The maximum Gasteiger partial charge on any atom is 0.154 e. The molecule has 0 unspecified atom stereocenters. The Morgan fingerprint density at radius 3 is 2.06 bits per heavy atom. The molecular formula is C46H39N3S. The molecule has 1 N–H and O–H groups in total. The number of nitrogens with one attached hydrogen (secondary N) is 1. The van der Waals surface area contributed by atoms with Gasteiger partial charge in [-0.2, -0.15) is 0 Å². The number of hydrogen-bond donors (Lipinski definition) is 1. The van der Waals surface area contributed by atoms with Crippen molar-refractivity contribution in [2.75, 3.05) is 6.54 Å². The lowest BCUT2D eigenvalue weighted by Crippen LogP contribution is -2.05. The van der Waals surface area contributed by atoms with Gasteiger partial charge in [-0.3, -0.25) is 4.99 Å². The van der Waals surface area contributed by atoms with Gasteiger partial charge in [-0.1, -0.05) is 141 Å². The molecule has 0 atom stereocenters. The van der Waals surface area contributed by atoms with Gasteiger partial charge in [-0.05, 0) is 86.6 Å². The van der Waals surface area contributed by atoms with Gasteiger partial charge in [0.05, 0.1) is 6.54 Å². The highest BCUT2D eigenvalue weighted by Gasteiger charge is 2.18. The molecule has 0 fully saturated rings. The number of amidine groups is 1. The van der Waals surface area contributed by atoms with Crippen molar-refractivity contribution >= 4 is 77.9 Å². The second-order valence-electron chi connectivity index (χ2n) is 12.1. The molecule has 0 saturated heterocycles. The Morgan fingerprint density at radius 1 is 0.660 bits per heavy atom. The molecule has 7 aromatic carbocycles. The highest BCUT2D eigenvalue weighted by Crippen LogP contribution is 2.47. The van der Waals surface area contributed by atoms with Gasteiger partial charge in [0.15, 0.2) is 5.84 Å².